The number of hydrogen-bond acceptors (Lipinski definition) is 3. The lowest BCUT2D eigenvalue weighted by Gasteiger charge is -2.37. The average molecular weight is 354 g/mol. The molecule has 0 amide bonds. The molecule has 3 nitrogen and oxygen atoms in total. The van der Waals surface area contributed by atoms with Gasteiger partial charge in [0.2, 0.25) is 0 Å². The summed E-state index contributed by atoms with van der Waals surface area (Å²) in [5, 5.41) is 1.83. The average Bonchev–Trinajstić information content (AvgIpc) is 2.60. The first kappa shape index (κ1) is 16.7. The largest absolute Gasteiger partial charge is 0.298 e. The lowest BCUT2D eigenvalue weighted by molar-refractivity contribution is -0.145. The minimum Gasteiger partial charge on any atom is -0.298 e. The van der Waals surface area contributed by atoms with E-state index in [-0.39, 0.29) is 17.9 Å². The maximum Gasteiger partial charge on any atom is 0.148 e. The SMILES string of the molecule is C[C@@H]1ON(C)[C@@H](c2ccc(Br)cc2)[C@@]1(C)C(=O)C(C)(C)C. The summed E-state index contributed by atoms with van der Waals surface area (Å²) in [7, 11) is 1.91. The summed E-state index contributed by atoms with van der Waals surface area (Å²) >= 11 is 3.46. The van der Waals surface area contributed by atoms with E-state index in [0.717, 1.165) is 10.0 Å². The normalized spacial score (nSPS) is 30.6. The standard InChI is InChI=1S/C17H24BrNO2/c1-11-17(5,15(20)16(2,3)4)14(19(6)21-11)12-7-9-13(18)10-8-12/h7-11,14H,1-6H3/t11-,14-,17-/m0/s1. The summed E-state index contributed by atoms with van der Waals surface area (Å²) < 4.78 is 1.03. The fraction of sp³-hybridized carbons (Fsp3) is 0.588. The molecule has 1 aliphatic rings. The Morgan fingerprint density at radius 1 is 1.29 bits per heavy atom. The molecule has 2 rings (SSSR count). The van der Waals surface area contributed by atoms with Crippen molar-refractivity contribution in [1.29, 1.82) is 0 Å². The van der Waals surface area contributed by atoms with E-state index in [9.17, 15) is 4.79 Å². The second-order valence-electron chi connectivity index (χ2n) is 7.11. The maximum atomic E-state index is 13.1. The Balaban J connectivity index is 2.50. The van der Waals surface area contributed by atoms with E-state index in [1.807, 2.05) is 58.9 Å². The van der Waals surface area contributed by atoms with Gasteiger partial charge in [-0.15, -0.1) is 0 Å². The molecule has 1 aliphatic heterocycles. The Hall–Kier alpha value is -0.710. The Kier molecular flexibility index (Phi) is 4.35. The topological polar surface area (TPSA) is 29.5 Å². The first-order chi connectivity index (χ1) is 9.58. The van der Waals surface area contributed by atoms with E-state index in [2.05, 4.69) is 28.1 Å². The Morgan fingerprint density at radius 3 is 2.29 bits per heavy atom. The molecule has 1 aromatic rings. The van der Waals surface area contributed by atoms with Crippen LogP contribution in [0.15, 0.2) is 28.7 Å². The Bertz CT molecular complexity index is 535. The summed E-state index contributed by atoms with van der Waals surface area (Å²) in [6.45, 7) is 9.94. The number of benzene rings is 1. The molecule has 0 radical (unpaired) electrons. The van der Waals surface area contributed by atoms with Crippen LogP contribution in [-0.4, -0.2) is 24.0 Å². The predicted octanol–water partition coefficient (Wildman–Crippen LogP) is 4.38. The molecule has 21 heavy (non-hydrogen) atoms. The van der Waals surface area contributed by atoms with E-state index in [1.54, 1.807) is 0 Å². The molecule has 1 fully saturated rings. The van der Waals surface area contributed by atoms with E-state index in [1.165, 1.54) is 0 Å². The van der Waals surface area contributed by atoms with Gasteiger partial charge < -0.3 is 0 Å². The van der Waals surface area contributed by atoms with Crippen molar-refractivity contribution in [3.05, 3.63) is 34.3 Å². The van der Waals surface area contributed by atoms with Crippen LogP contribution in [0.25, 0.3) is 0 Å². The van der Waals surface area contributed by atoms with E-state index in [0.29, 0.717) is 0 Å². The second-order valence-corrected chi connectivity index (χ2v) is 8.03. The highest BCUT2D eigenvalue weighted by Crippen LogP contribution is 2.51. The zero-order valence-corrected chi connectivity index (χ0v) is 15.2. The number of Topliss-reactive ketones (excluding diaryl/α,β-unsaturated/α-hetero) is 1. The van der Waals surface area contributed by atoms with E-state index >= 15 is 0 Å². The third-order valence-electron chi connectivity index (χ3n) is 4.46. The zero-order valence-electron chi connectivity index (χ0n) is 13.6. The molecule has 1 aromatic carbocycles. The van der Waals surface area contributed by atoms with Gasteiger partial charge >= 0.3 is 0 Å². The van der Waals surface area contributed by atoms with Gasteiger partial charge in [0.05, 0.1) is 17.6 Å². The van der Waals surface area contributed by atoms with E-state index in [4.69, 9.17) is 4.84 Å². The van der Waals surface area contributed by atoms with Crippen LogP contribution in [0.2, 0.25) is 0 Å². The van der Waals surface area contributed by atoms with Crippen LogP contribution in [0.4, 0.5) is 0 Å². The van der Waals surface area contributed by atoms with Crippen LogP contribution in [0.3, 0.4) is 0 Å². The highest BCUT2D eigenvalue weighted by Gasteiger charge is 2.57. The van der Waals surface area contributed by atoms with Crippen molar-refractivity contribution >= 4 is 21.7 Å². The molecule has 0 spiro atoms. The molecule has 0 saturated carbocycles. The van der Waals surface area contributed by atoms with Crippen LogP contribution in [0, 0.1) is 10.8 Å². The number of halogens is 1. The first-order valence-corrected chi connectivity index (χ1v) is 8.07. The number of carbonyl (C=O) groups is 1. The highest BCUT2D eigenvalue weighted by molar-refractivity contribution is 9.10. The van der Waals surface area contributed by atoms with Gasteiger partial charge in [0.1, 0.15) is 5.78 Å². The van der Waals surface area contributed by atoms with Gasteiger partial charge in [-0.1, -0.05) is 48.8 Å². The van der Waals surface area contributed by atoms with Gasteiger partial charge in [-0.25, -0.2) is 0 Å². The van der Waals surface area contributed by atoms with Crippen LogP contribution >= 0.6 is 15.9 Å². The van der Waals surface area contributed by atoms with Crippen molar-refractivity contribution in [2.24, 2.45) is 10.8 Å². The van der Waals surface area contributed by atoms with Crippen LogP contribution in [-0.2, 0) is 9.63 Å². The van der Waals surface area contributed by atoms with Crippen molar-refractivity contribution in [3.8, 4) is 0 Å². The summed E-state index contributed by atoms with van der Waals surface area (Å²) in [4.78, 5) is 19.0. The van der Waals surface area contributed by atoms with Crippen LogP contribution in [0.5, 0.6) is 0 Å². The molecular weight excluding hydrogens is 330 g/mol. The fourth-order valence-electron chi connectivity index (χ4n) is 3.34. The van der Waals surface area contributed by atoms with Crippen LogP contribution < -0.4 is 0 Å². The minimum absolute atomic E-state index is 0.0766. The van der Waals surface area contributed by atoms with Crippen LogP contribution in [0.1, 0.15) is 46.2 Å². The molecule has 0 bridgehead atoms. The Morgan fingerprint density at radius 2 is 1.81 bits per heavy atom. The smallest absolute Gasteiger partial charge is 0.148 e. The molecule has 4 heteroatoms. The molecule has 0 N–H and O–H groups in total. The summed E-state index contributed by atoms with van der Waals surface area (Å²) in [5.74, 6) is 0.236. The molecule has 116 valence electrons. The van der Waals surface area contributed by atoms with Crippen molar-refractivity contribution in [3.63, 3.8) is 0 Å². The molecule has 1 saturated heterocycles. The number of hydroxylamine groups is 2. The second kappa shape index (κ2) is 5.49. The third kappa shape index (κ3) is 2.81. The monoisotopic (exact) mass is 353 g/mol. The molecule has 3 atom stereocenters. The summed E-state index contributed by atoms with van der Waals surface area (Å²) in [6, 6.07) is 8.05. The van der Waals surface area contributed by atoms with Gasteiger partial charge in [0.25, 0.3) is 0 Å². The summed E-state index contributed by atoms with van der Waals surface area (Å²) in [5.41, 5.74) is 0.136. The van der Waals surface area contributed by atoms with Crippen molar-refractivity contribution in [2.45, 2.75) is 46.8 Å². The Labute approximate surface area is 135 Å². The lowest BCUT2D eigenvalue weighted by atomic mass is 9.65. The van der Waals surface area contributed by atoms with Gasteiger partial charge in [0, 0.05) is 16.9 Å². The molecule has 1 heterocycles. The molecular formula is C17H24BrNO2. The number of rotatable bonds is 2. The molecule has 0 aromatic heterocycles. The third-order valence-corrected chi connectivity index (χ3v) is 4.99. The maximum absolute atomic E-state index is 13.1. The number of nitrogens with zero attached hydrogens (tertiary/aromatic N) is 1. The van der Waals surface area contributed by atoms with Crippen molar-refractivity contribution < 1.29 is 9.63 Å². The lowest BCUT2D eigenvalue weighted by Crippen LogP contribution is -2.45. The zero-order chi connectivity index (χ0) is 16.0. The fourth-order valence-corrected chi connectivity index (χ4v) is 3.60. The molecule has 0 unspecified atom stereocenters. The number of hydrogen-bond donors (Lipinski definition) is 0. The summed E-state index contributed by atoms with van der Waals surface area (Å²) in [6.07, 6.45) is -0.150. The van der Waals surface area contributed by atoms with Gasteiger partial charge in [0.15, 0.2) is 0 Å². The van der Waals surface area contributed by atoms with Gasteiger partial charge in [-0.05, 0) is 31.5 Å². The number of carbonyl (C=O) groups excluding carboxylic acids is 1. The van der Waals surface area contributed by atoms with E-state index < -0.39 is 10.8 Å². The quantitative estimate of drug-likeness (QED) is 0.790. The first-order valence-electron chi connectivity index (χ1n) is 7.28. The van der Waals surface area contributed by atoms with Gasteiger partial charge in [-0.3, -0.25) is 9.63 Å². The van der Waals surface area contributed by atoms with Gasteiger partial charge in [-0.2, -0.15) is 5.06 Å². The number of ketones is 1. The predicted molar refractivity (Wildman–Crippen MR) is 87.8 cm³/mol. The molecule has 0 aliphatic carbocycles. The van der Waals surface area contributed by atoms with Crippen molar-refractivity contribution in [1.82, 2.24) is 5.06 Å². The highest BCUT2D eigenvalue weighted by atomic mass is 79.9. The van der Waals surface area contributed by atoms with Crippen molar-refractivity contribution in [2.75, 3.05) is 7.05 Å². The minimum atomic E-state index is -0.569.